The molecule has 0 aliphatic carbocycles. The van der Waals surface area contributed by atoms with Crippen LogP contribution in [-0.2, 0) is 19.0 Å². The van der Waals surface area contributed by atoms with Gasteiger partial charge in [0.05, 0.1) is 12.6 Å². The van der Waals surface area contributed by atoms with Crippen LogP contribution in [0, 0.1) is 5.92 Å². The highest BCUT2D eigenvalue weighted by molar-refractivity contribution is 5.96. The number of amides is 3. The lowest BCUT2D eigenvalue weighted by Gasteiger charge is -2.35. The van der Waals surface area contributed by atoms with Crippen LogP contribution in [0.1, 0.15) is 82.1 Å². The Morgan fingerprint density at radius 2 is 1.50 bits per heavy atom. The van der Waals surface area contributed by atoms with E-state index < -0.39 is 40.6 Å². The molecule has 8 nitrogen and oxygen atoms in total. The lowest BCUT2D eigenvalue weighted by Crippen LogP contribution is -2.50. The van der Waals surface area contributed by atoms with Gasteiger partial charge in [0.1, 0.15) is 16.9 Å². The van der Waals surface area contributed by atoms with E-state index in [1.807, 2.05) is 48.5 Å². The lowest BCUT2D eigenvalue weighted by molar-refractivity contribution is -0.133. The van der Waals surface area contributed by atoms with E-state index >= 15 is 0 Å². The van der Waals surface area contributed by atoms with Gasteiger partial charge in [0.25, 0.3) is 0 Å². The molecule has 172 valence electrons. The number of likely N-dealkylation sites (tertiary alicyclic amines) is 1. The summed E-state index contributed by atoms with van der Waals surface area (Å²) >= 11 is 0. The minimum absolute atomic E-state index is 0.275. The molecule has 2 rings (SSSR count). The summed E-state index contributed by atoms with van der Waals surface area (Å²) in [6.45, 7) is 18.4. The summed E-state index contributed by atoms with van der Waals surface area (Å²) in [5.41, 5.74) is -2.84. The maximum Gasteiger partial charge on any atom is 0.417 e. The zero-order valence-electron chi connectivity index (χ0n) is 20.1. The minimum atomic E-state index is -0.838. The Balaban J connectivity index is 2.19. The molecule has 2 saturated heterocycles. The van der Waals surface area contributed by atoms with Gasteiger partial charge in [-0.2, -0.15) is 0 Å². The Labute approximate surface area is 180 Å². The Morgan fingerprint density at radius 3 is 2.00 bits per heavy atom. The first-order chi connectivity index (χ1) is 13.3. The van der Waals surface area contributed by atoms with Gasteiger partial charge < -0.3 is 14.2 Å². The maximum atomic E-state index is 13.2. The van der Waals surface area contributed by atoms with Gasteiger partial charge in [0.15, 0.2) is 0 Å². The number of ether oxygens (including phenoxy) is 3. The van der Waals surface area contributed by atoms with Crippen LogP contribution in [0.5, 0.6) is 0 Å². The topological polar surface area (TPSA) is 85.4 Å². The number of imide groups is 1. The van der Waals surface area contributed by atoms with E-state index in [0.717, 1.165) is 0 Å². The quantitative estimate of drug-likeness (QED) is 0.654. The van der Waals surface area contributed by atoms with Gasteiger partial charge in [-0.05, 0) is 82.1 Å². The fourth-order valence-electron chi connectivity index (χ4n) is 4.16. The molecule has 0 bridgehead atoms. The molecule has 1 unspecified atom stereocenters. The average Bonchev–Trinajstić information content (AvgIpc) is 2.88. The van der Waals surface area contributed by atoms with E-state index in [0.29, 0.717) is 19.4 Å². The smallest absolute Gasteiger partial charge is 0.417 e. The first-order valence-electron chi connectivity index (χ1n) is 10.6. The van der Waals surface area contributed by atoms with E-state index in [1.54, 1.807) is 25.7 Å². The number of carbonyl (C=O) groups excluding carboxylic acids is 3. The molecule has 0 saturated carbocycles. The van der Waals surface area contributed by atoms with Crippen LogP contribution in [-0.4, -0.2) is 63.0 Å². The van der Waals surface area contributed by atoms with Gasteiger partial charge in [-0.1, -0.05) is 0 Å². The molecule has 2 atom stereocenters. The van der Waals surface area contributed by atoms with E-state index in [4.69, 9.17) is 14.2 Å². The summed E-state index contributed by atoms with van der Waals surface area (Å²) in [4.78, 5) is 41.5. The Kier molecular flexibility index (Phi) is 6.27. The predicted molar refractivity (Wildman–Crippen MR) is 112 cm³/mol. The average molecular weight is 427 g/mol. The van der Waals surface area contributed by atoms with Crippen molar-refractivity contribution in [1.29, 1.82) is 0 Å². The summed E-state index contributed by atoms with van der Waals surface area (Å²) in [7, 11) is 0. The van der Waals surface area contributed by atoms with Crippen molar-refractivity contribution in [3.05, 3.63) is 0 Å². The molecular weight excluding hydrogens is 388 g/mol. The van der Waals surface area contributed by atoms with Crippen LogP contribution in [0.3, 0.4) is 0 Å². The molecule has 8 heteroatoms. The Morgan fingerprint density at radius 1 is 1.00 bits per heavy atom. The zero-order chi connectivity index (χ0) is 23.3. The normalized spacial score (nSPS) is 26.1. The van der Waals surface area contributed by atoms with Gasteiger partial charge >= 0.3 is 12.2 Å². The third-order valence-corrected chi connectivity index (χ3v) is 5.22. The molecule has 0 aromatic rings. The molecule has 0 aromatic carbocycles. The van der Waals surface area contributed by atoms with Gasteiger partial charge in [-0.3, -0.25) is 9.69 Å². The second-order valence-corrected chi connectivity index (χ2v) is 11.4. The van der Waals surface area contributed by atoms with Crippen molar-refractivity contribution in [2.75, 3.05) is 6.61 Å². The molecule has 0 aromatic heterocycles. The molecule has 0 spiro atoms. The number of hydrogen-bond donors (Lipinski definition) is 0. The molecule has 2 aliphatic rings. The van der Waals surface area contributed by atoms with E-state index in [-0.39, 0.29) is 11.9 Å². The van der Waals surface area contributed by atoms with Gasteiger partial charge in [-0.15, -0.1) is 0 Å². The largest absolute Gasteiger partial charge is 0.444 e. The van der Waals surface area contributed by atoms with E-state index in [9.17, 15) is 14.4 Å². The Hall–Kier alpha value is -1.83. The molecule has 30 heavy (non-hydrogen) atoms. The fraction of sp³-hybridized carbons (Fsp3) is 0.864. The molecular formula is C22H38N2O6. The van der Waals surface area contributed by atoms with Crippen molar-refractivity contribution < 1.29 is 28.6 Å². The van der Waals surface area contributed by atoms with Crippen molar-refractivity contribution in [3.8, 4) is 0 Å². The summed E-state index contributed by atoms with van der Waals surface area (Å²) in [6, 6.07) is -0.321. The molecule has 2 fully saturated rings. The van der Waals surface area contributed by atoms with Crippen LogP contribution >= 0.6 is 0 Å². The third-order valence-electron chi connectivity index (χ3n) is 5.22. The summed E-state index contributed by atoms with van der Waals surface area (Å²) in [5.74, 6) is -0.692. The van der Waals surface area contributed by atoms with Crippen molar-refractivity contribution in [2.45, 2.75) is 111 Å². The van der Waals surface area contributed by atoms with Gasteiger partial charge in [0.2, 0.25) is 5.91 Å². The first kappa shape index (κ1) is 24.4. The van der Waals surface area contributed by atoms with E-state index in [1.165, 1.54) is 4.90 Å². The van der Waals surface area contributed by atoms with Crippen LogP contribution in [0.2, 0.25) is 0 Å². The highest BCUT2D eigenvalue weighted by Gasteiger charge is 2.53. The third kappa shape index (κ3) is 5.45. The summed E-state index contributed by atoms with van der Waals surface area (Å²) < 4.78 is 16.9. The zero-order valence-corrected chi connectivity index (χ0v) is 20.1. The number of rotatable bonds is 2. The summed E-state index contributed by atoms with van der Waals surface area (Å²) in [6.07, 6.45) is -0.218. The van der Waals surface area contributed by atoms with Crippen LogP contribution in [0.15, 0.2) is 0 Å². The SMILES string of the molecule is CC(C)(C)OC(=O)N1C(=O)C(C[C@H]2COC(C)(C)N2C(=O)OC(C)(C)C)CC1(C)C. The van der Waals surface area contributed by atoms with Gasteiger partial charge in [0, 0.05) is 11.5 Å². The Bertz CT molecular complexity index is 701. The van der Waals surface area contributed by atoms with Crippen LogP contribution < -0.4 is 0 Å². The standard InChI is InChI=1S/C22H38N2O6/c1-19(2,3)29-17(26)23-15(13-28-22(23,9)10)11-14-12-21(7,8)24(16(14)25)18(27)30-20(4,5)6/h14-15H,11-13H2,1-10H3/t14?,15-/m0/s1. The monoisotopic (exact) mass is 426 g/mol. The van der Waals surface area contributed by atoms with Crippen LogP contribution in [0.4, 0.5) is 9.59 Å². The van der Waals surface area contributed by atoms with Crippen molar-refractivity contribution in [1.82, 2.24) is 9.80 Å². The molecule has 0 radical (unpaired) electrons. The highest BCUT2D eigenvalue weighted by atomic mass is 16.6. The fourth-order valence-corrected chi connectivity index (χ4v) is 4.16. The van der Waals surface area contributed by atoms with Crippen LogP contribution in [0.25, 0.3) is 0 Å². The second kappa shape index (κ2) is 7.70. The number of carbonyl (C=O) groups is 3. The second-order valence-electron chi connectivity index (χ2n) is 11.4. The molecule has 2 heterocycles. The number of nitrogens with zero attached hydrogens (tertiary/aromatic N) is 2. The first-order valence-corrected chi connectivity index (χ1v) is 10.6. The number of hydrogen-bond acceptors (Lipinski definition) is 6. The van der Waals surface area contributed by atoms with Crippen molar-refractivity contribution >= 4 is 18.1 Å². The minimum Gasteiger partial charge on any atom is -0.444 e. The maximum absolute atomic E-state index is 13.2. The lowest BCUT2D eigenvalue weighted by atomic mass is 9.91. The predicted octanol–water partition coefficient (Wildman–Crippen LogP) is 4.31. The molecule has 3 amide bonds. The molecule has 2 aliphatic heterocycles. The highest BCUT2D eigenvalue weighted by Crippen LogP contribution is 2.40. The van der Waals surface area contributed by atoms with Crippen molar-refractivity contribution in [3.63, 3.8) is 0 Å². The summed E-state index contributed by atoms with van der Waals surface area (Å²) in [5, 5.41) is 0. The van der Waals surface area contributed by atoms with Crippen molar-refractivity contribution in [2.24, 2.45) is 5.92 Å². The molecule has 0 N–H and O–H groups in total. The van der Waals surface area contributed by atoms with E-state index in [2.05, 4.69) is 0 Å². The van der Waals surface area contributed by atoms with Gasteiger partial charge in [-0.25, -0.2) is 14.5 Å².